The standard InChI is InChI=1S/C18H17BN2O2/c1-2-14-11-16(19)7-6-15(14)8-9-23-18(22)21-17-5-3-4-13(10-17)12-20/h3-7,10-11H,2,8-9H2,1H3,(H,21,22). The van der Waals surface area contributed by atoms with E-state index in [2.05, 4.69) is 12.2 Å². The normalized spacial score (nSPS) is 9.91. The summed E-state index contributed by atoms with van der Waals surface area (Å²) < 4.78 is 5.19. The molecule has 0 unspecified atom stereocenters. The number of aryl methyl sites for hydroxylation is 1. The van der Waals surface area contributed by atoms with E-state index in [4.69, 9.17) is 17.8 Å². The number of carbonyl (C=O) groups is 1. The molecular weight excluding hydrogens is 287 g/mol. The van der Waals surface area contributed by atoms with E-state index in [1.807, 2.05) is 24.3 Å². The van der Waals surface area contributed by atoms with Gasteiger partial charge in [0.25, 0.3) is 0 Å². The molecule has 2 rings (SSSR count). The fourth-order valence-electron chi connectivity index (χ4n) is 2.29. The van der Waals surface area contributed by atoms with Gasteiger partial charge in [-0.05, 0) is 35.7 Å². The third-order valence-electron chi connectivity index (χ3n) is 3.45. The van der Waals surface area contributed by atoms with Gasteiger partial charge in [0.1, 0.15) is 7.85 Å². The maximum Gasteiger partial charge on any atom is 0.411 e. The van der Waals surface area contributed by atoms with E-state index in [0.717, 1.165) is 23.0 Å². The van der Waals surface area contributed by atoms with E-state index < -0.39 is 6.09 Å². The van der Waals surface area contributed by atoms with E-state index in [1.165, 1.54) is 0 Å². The van der Waals surface area contributed by atoms with Gasteiger partial charge < -0.3 is 4.74 Å². The predicted molar refractivity (Wildman–Crippen MR) is 91.0 cm³/mol. The summed E-state index contributed by atoms with van der Waals surface area (Å²) in [6.07, 6.45) is 0.983. The van der Waals surface area contributed by atoms with Crippen molar-refractivity contribution in [3.63, 3.8) is 0 Å². The molecule has 4 nitrogen and oxygen atoms in total. The van der Waals surface area contributed by atoms with E-state index in [9.17, 15) is 4.79 Å². The van der Waals surface area contributed by atoms with Crippen LogP contribution < -0.4 is 10.8 Å². The minimum atomic E-state index is -0.534. The number of anilines is 1. The number of hydrogen-bond donors (Lipinski definition) is 1. The Morgan fingerprint density at radius 3 is 2.83 bits per heavy atom. The van der Waals surface area contributed by atoms with Crippen molar-refractivity contribution >= 4 is 25.1 Å². The lowest BCUT2D eigenvalue weighted by Crippen LogP contribution is -2.16. The molecule has 0 atom stereocenters. The molecule has 0 aromatic heterocycles. The number of nitriles is 1. The van der Waals surface area contributed by atoms with Crippen LogP contribution in [0, 0.1) is 11.3 Å². The SMILES string of the molecule is [B]c1ccc(CCOC(=O)Nc2cccc(C#N)c2)c(CC)c1. The maximum atomic E-state index is 11.8. The third kappa shape index (κ3) is 4.89. The van der Waals surface area contributed by atoms with Crippen LogP contribution in [0.4, 0.5) is 10.5 Å². The molecule has 0 fully saturated rings. The van der Waals surface area contributed by atoms with Crippen LogP contribution in [0.25, 0.3) is 0 Å². The summed E-state index contributed by atoms with van der Waals surface area (Å²) in [5.41, 5.74) is 4.05. The fraction of sp³-hybridized carbons (Fsp3) is 0.222. The van der Waals surface area contributed by atoms with Crippen molar-refractivity contribution in [1.29, 1.82) is 5.26 Å². The molecule has 0 saturated heterocycles. The van der Waals surface area contributed by atoms with Crippen LogP contribution in [0.2, 0.25) is 0 Å². The van der Waals surface area contributed by atoms with Crippen LogP contribution in [-0.4, -0.2) is 20.5 Å². The quantitative estimate of drug-likeness (QED) is 0.864. The Morgan fingerprint density at radius 2 is 2.09 bits per heavy atom. The molecule has 0 aliphatic heterocycles. The molecule has 0 bridgehead atoms. The number of ether oxygens (including phenoxy) is 1. The second-order valence-corrected chi connectivity index (χ2v) is 5.09. The molecule has 23 heavy (non-hydrogen) atoms. The van der Waals surface area contributed by atoms with Gasteiger partial charge >= 0.3 is 6.09 Å². The topological polar surface area (TPSA) is 62.1 Å². The second-order valence-electron chi connectivity index (χ2n) is 5.09. The summed E-state index contributed by atoms with van der Waals surface area (Å²) >= 11 is 0. The highest BCUT2D eigenvalue weighted by Crippen LogP contribution is 2.11. The molecule has 2 aromatic carbocycles. The van der Waals surface area contributed by atoms with Crippen LogP contribution in [0.5, 0.6) is 0 Å². The van der Waals surface area contributed by atoms with E-state index in [0.29, 0.717) is 17.7 Å². The Balaban J connectivity index is 1.86. The number of benzene rings is 2. The number of rotatable bonds is 5. The first-order valence-corrected chi connectivity index (χ1v) is 7.43. The van der Waals surface area contributed by atoms with Gasteiger partial charge in [-0.2, -0.15) is 5.26 Å². The van der Waals surface area contributed by atoms with Crippen molar-refractivity contribution in [1.82, 2.24) is 0 Å². The van der Waals surface area contributed by atoms with Crippen LogP contribution in [0.1, 0.15) is 23.6 Å². The number of nitrogens with one attached hydrogen (secondary N) is 1. The Kier molecular flexibility index (Phi) is 5.82. The van der Waals surface area contributed by atoms with Crippen LogP contribution in [-0.2, 0) is 17.6 Å². The average Bonchev–Trinajstić information content (AvgIpc) is 2.56. The third-order valence-corrected chi connectivity index (χ3v) is 3.45. The zero-order chi connectivity index (χ0) is 16.7. The van der Waals surface area contributed by atoms with Crippen molar-refractivity contribution in [3.8, 4) is 6.07 Å². The lowest BCUT2D eigenvalue weighted by Gasteiger charge is -2.10. The molecule has 1 N–H and O–H groups in total. The number of amides is 1. The van der Waals surface area contributed by atoms with Crippen molar-refractivity contribution in [2.75, 3.05) is 11.9 Å². The van der Waals surface area contributed by atoms with Crippen LogP contribution >= 0.6 is 0 Å². The van der Waals surface area contributed by atoms with Gasteiger partial charge in [0.05, 0.1) is 18.2 Å². The molecule has 2 radical (unpaired) electrons. The van der Waals surface area contributed by atoms with E-state index >= 15 is 0 Å². The Bertz CT molecular complexity index is 738. The number of hydrogen-bond acceptors (Lipinski definition) is 3. The molecule has 0 aliphatic rings. The van der Waals surface area contributed by atoms with Gasteiger partial charge in [-0.25, -0.2) is 4.79 Å². The number of carbonyl (C=O) groups excluding carboxylic acids is 1. The smallest absolute Gasteiger partial charge is 0.411 e. The van der Waals surface area contributed by atoms with Crippen molar-refractivity contribution < 1.29 is 9.53 Å². The van der Waals surface area contributed by atoms with Gasteiger partial charge in [0.15, 0.2) is 0 Å². The predicted octanol–water partition coefficient (Wildman–Crippen LogP) is 2.71. The lowest BCUT2D eigenvalue weighted by atomic mass is 9.90. The van der Waals surface area contributed by atoms with Gasteiger partial charge in [0.2, 0.25) is 0 Å². The molecule has 0 heterocycles. The van der Waals surface area contributed by atoms with Crippen molar-refractivity contribution in [3.05, 3.63) is 59.2 Å². The molecule has 0 saturated carbocycles. The first-order chi connectivity index (χ1) is 11.1. The van der Waals surface area contributed by atoms with E-state index in [-0.39, 0.29) is 6.61 Å². The van der Waals surface area contributed by atoms with Gasteiger partial charge in [-0.15, -0.1) is 0 Å². The monoisotopic (exact) mass is 304 g/mol. The van der Waals surface area contributed by atoms with Crippen LogP contribution in [0.15, 0.2) is 42.5 Å². The Morgan fingerprint density at radius 1 is 1.26 bits per heavy atom. The molecule has 2 aromatic rings. The minimum absolute atomic E-state index is 0.278. The minimum Gasteiger partial charge on any atom is -0.449 e. The highest BCUT2D eigenvalue weighted by atomic mass is 16.5. The summed E-state index contributed by atoms with van der Waals surface area (Å²) in [5, 5.41) is 11.4. The fourth-order valence-corrected chi connectivity index (χ4v) is 2.29. The zero-order valence-electron chi connectivity index (χ0n) is 13.0. The molecular formula is C18H17BN2O2. The molecule has 0 spiro atoms. The van der Waals surface area contributed by atoms with E-state index in [1.54, 1.807) is 24.3 Å². The summed E-state index contributed by atoms with van der Waals surface area (Å²) in [4.78, 5) is 11.8. The van der Waals surface area contributed by atoms with Crippen molar-refractivity contribution in [2.45, 2.75) is 19.8 Å². The summed E-state index contributed by atoms with van der Waals surface area (Å²) in [6, 6.07) is 14.5. The summed E-state index contributed by atoms with van der Waals surface area (Å²) in [5.74, 6) is 0. The Labute approximate surface area is 137 Å². The summed E-state index contributed by atoms with van der Waals surface area (Å²) in [7, 11) is 5.77. The lowest BCUT2D eigenvalue weighted by molar-refractivity contribution is 0.163. The first kappa shape index (κ1) is 16.6. The molecule has 1 amide bonds. The van der Waals surface area contributed by atoms with Gasteiger partial charge in [0, 0.05) is 12.1 Å². The van der Waals surface area contributed by atoms with Gasteiger partial charge in [-0.1, -0.05) is 36.7 Å². The molecule has 114 valence electrons. The van der Waals surface area contributed by atoms with Crippen LogP contribution in [0.3, 0.4) is 0 Å². The Hall–Kier alpha value is -2.74. The highest BCUT2D eigenvalue weighted by Gasteiger charge is 2.06. The molecule has 5 heteroatoms. The maximum absolute atomic E-state index is 11.8. The summed E-state index contributed by atoms with van der Waals surface area (Å²) in [6.45, 7) is 2.34. The molecule has 0 aliphatic carbocycles. The van der Waals surface area contributed by atoms with Gasteiger partial charge in [-0.3, -0.25) is 5.32 Å². The second kappa shape index (κ2) is 8.04. The van der Waals surface area contributed by atoms with Crippen molar-refractivity contribution in [2.24, 2.45) is 0 Å². The first-order valence-electron chi connectivity index (χ1n) is 7.43. The zero-order valence-corrected chi connectivity index (χ0v) is 13.0. The number of nitrogens with zero attached hydrogens (tertiary/aromatic N) is 1. The highest BCUT2D eigenvalue weighted by molar-refractivity contribution is 6.32. The average molecular weight is 304 g/mol. The largest absolute Gasteiger partial charge is 0.449 e.